The maximum Gasteiger partial charge on any atom is 0.201 e. The second kappa shape index (κ2) is 4.75. The first-order chi connectivity index (χ1) is 9.15. The molecule has 102 valence electrons. The lowest BCUT2D eigenvalue weighted by Gasteiger charge is -2.27. The van der Waals surface area contributed by atoms with Crippen molar-refractivity contribution in [1.82, 2.24) is 9.55 Å². The predicted octanol–water partition coefficient (Wildman–Crippen LogP) is 3.60. The van der Waals surface area contributed by atoms with Gasteiger partial charge >= 0.3 is 0 Å². The summed E-state index contributed by atoms with van der Waals surface area (Å²) < 4.78 is 2.57. The first kappa shape index (κ1) is 12.9. The molecule has 1 aromatic carbocycles. The van der Waals surface area contributed by atoms with Crippen LogP contribution in [0.2, 0.25) is 0 Å². The van der Waals surface area contributed by atoms with Crippen LogP contribution in [0.1, 0.15) is 31.2 Å². The fraction of sp³-hybridized carbons (Fsp3) is 0.533. The smallest absolute Gasteiger partial charge is 0.201 e. The summed E-state index contributed by atoms with van der Waals surface area (Å²) in [6.07, 6.45) is 7.49. The van der Waals surface area contributed by atoms with Gasteiger partial charge in [-0.15, -0.1) is 0 Å². The number of aryl methyl sites for hydroxylation is 1. The lowest BCUT2D eigenvalue weighted by atomic mass is 10.1. The van der Waals surface area contributed by atoms with Crippen LogP contribution in [0.15, 0.2) is 18.2 Å². The number of hydrogen-bond acceptors (Lipinski definition) is 3. The zero-order valence-corrected chi connectivity index (χ0v) is 12.5. The zero-order valence-electron chi connectivity index (χ0n) is 11.6. The molecule has 0 saturated heterocycles. The molecule has 1 heterocycles. The number of anilines is 1. The standard InChI is InChI=1S/C15H21N3S/c1-11-6-5-7-12-13(11)17-14(16)18(12)10-15(19-2)8-3-4-9-15/h5-7H,3-4,8-10H2,1-2H3,(H2,16,17). The number of imidazole rings is 1. The van der Waals surface area contributed by atoms with Crippen molar-refractivity contribution in [3.05, 3.63) is 23.8 Å². The summed E-state index contributed by atoms with van der Waals surface area (Å²) in [6.45, 7) is 3.08. The van der Waals surface area contributed by atoms with E-state index in [1.54, 1.807) is 0 Å². The minimum absolute atomic E-state index is 0.353. The molecule has 1 aliphatic carbocycles. The van der Waals surface area contributed by atoms with E-state index in [1.165, 1.54) is 36.8 Å². The molecule has 1 aromatic heterocycles. The number of thioether (sulfide) groups is 1. The summed E-state index contributed by atoms with van der Waals surface area (Å²) in [5.74, 6) is 0.657. The van der Waals surface area contributed by atoms with Gasteiger partial charge in [0.15, 0.2) is 0 Å². The Labute approximate surface area is 118 Å². The van der Waals surface area contributed by atoms with Gasteiger partial charge < -0.3 is 10.3 Å². The molecule has 1 saturated carbocycles. The summed E-state index contributed by atoms with van der Waals surface area (Å²) in [7, 11) is 0. The number of nitrogens with two attached hydrogens (primary N) is 1. The van der Waals surface area contributed by atoms with E-state index in [1.807, 2.05) is 11.8 Å². The van der Waals surface area contributed by atoms with Crippen LogP contribution in [0.5, 0.6) is 0 Å². The summed E-state index contributed by atoms with van der Waals surface area (Å²) in [4.78, 5) is 4.55. The van der Waals surface area contributed by atoms with Gasteiger partial charge in [-0.2, -0.15) is 11.8 Å². The third-order valence-corrected chi connectivity index (χ3v) is 5.81. The minimum atomic E-state index is 0.353. The highest BCUT2D eigenvalue weighted by Gasteiger charge is 2.34. The Morgan fingerprint density at radius 1 is 1.37 bits per heavy atom. The average Bonchev–Trinajstić information content (AvgIpc) is 2.99. The molecular weight excluding hydrogens is 254 g/mol. The molecule has 0 unspecified atom stereocenters. The Morgan fingerprint density at radius 2 is 2.11 bits per heavy atom. The van der Waals surface area contributed by atoms with Crippen molar-refractivity contribution in [3.63, 3.8) is 0 Å². The highest BCUT2D eigenvalue weighted by molar-refractivity contribution is 8.00. The monoisotopic (exact) mass is 275 g/mol. The number of nitrogens with zero attached hydrogens (tertiary/aromatic N) is 2. The van der Waals surface area contributed by atoms with E-state index in [0.717, 1.165) is 12.1 Å². The maximum atomic E-state index is 6.16. The number of benzene rings is 1. The normalized spacial score (nSPS) is 18.2. The second-order valence-electron chi connectivity index (χ2n) is 5.59. The summed E-state index contributed by atoms with van der Waals surface area (Å²) in [5, 5.41) is 0. The highest BCUT2D eigenvalue weighted by atomic mass is 32.2. The fourth-order valence-corrected chi connectivity index (χ4v) is 4.16. The molecule has 2 aromatic rings. The van der Waals surface area contributed by atoms with Gasteiger partial charge in [0, 0.05) is 11.3 Å². The van der Waals surface area contributed by atoms with E-state index in [4.69, 9.17) is 5.73 Å². The Bertz CT molecular complexity index is 597. The van der Waals surface area contributed by atoms with E-state index in [9.17, 15) is 0 Å². The first-order valence-electron chi connectivity index (χ1n) is 6.92. The maximum absolute atomic E-state index is 6.16. The van der Waals surface area contributed by atoms with Gasteiger partial charge in [0.2, 0.25) is 5.95 Å². The number of nitrogen functional groups attached to an aromatic ring is 1. The van der Waals surface area contributed by atoms with Crippen LogP contribution in [0.3, 0.4) is 0 Å². The molecule has 3 nitrogen and oxygen atoms in total. The van der Waals surface area contributed by atoms with Gasteiger partial charge in [0.25, 0.3) is 0 Å². The molecule has 2 N–H and O–H groups in total. The average molecular weight is 275 g/mol. The van der Waals surface area contributed by atoms with Crippen molar-refractivity contribution in [1.29, 1.82) is 0 Å². The molecular formula is C15H21N3S. The third-order valence-electron chi connectivity index (χ3n) is 4.40. The van der Waals surface area contributed by atoms with Gasteiger partial charge in [0.05, 0.1) is 11.0 Å². The van der Waals surface area contributed by atoms with Crippen LogP contribution >= 0.6 is 11.8 Å². The van der Waals surface area contributed by atoms with Crippen LogP contribution in [-0.4, -0.2) is 20.6 Å². The van der Waals surface area contributed by atoms with Crippen LogP contribution in [0.4, 0.5) is 5.95 Å². The SMILES string of the molecule is CSC1(Cn2c(N)nc3c(C)cccc32)CCCC1. The molecule has 0 bridgehead atoms. The van der Waals surface area contributed by atoms with Crippen LogP contribution < -0.4 is 5.73 Å². The van der Waals surface area contributed by atoms with Gasteiger partial charge in [-0.1, -0.05) is 25.0 Å². The van der Waals surface area contributed by atoms with Crippen LogP contribution in [0, 0.1) is 6.92 Å². The summed E-state index contributed by atoms with van der Waals surface area (Å²) >= 11 is 2.00. The van der Waals surface area contributed by atoms with E-state index >= 15 is 0 Å². The number of rotatable bonds is 3. The van der Waals surface area contributed by atoms with Crippen molar-refractivity contribution in [3.8, 4) is 0 Å². The van der Waals surface area contributed by atoms with Crippen LogP contribution in [0.25, 0.3) is 11.0 Å². The Balaban J connectivity index is 2.05. The molecule has 0 radical (unpaired) electrons. The quantitative estimate of drug-likeness (QED) is 0.930. The molecule has 0 amide bonds. The molecule has 1 fully saturated rings. The molecule has 0 atom stereocenters. The van der Waals surface area contributed by atoms with Crippen molar-refractivity contribution in [2.45, 2.75) is 43.9 Å². The van der Waals surface area contributed by atoms with Crippen molar-refractivity contribution >= 4 is 28.7 Å². The van der Waals surface area contributed by atoms with Crippen molar-refractivity contribution in [2.75, 3.05) is 12.0 Å². The largest absolute Gasteiger partial charge is 0.369 e. The van der Waals surface area contributed by atoms with Gasteiger partial charge in [-0.25, -0.2) is 4.98 Å². The second-order valence-corrected chi connectivity index (χ2v) is 6.87. The molecule has 4 heteroatoms. The zero-order chi connectivity index (χ0) is 13.5. The summed E-state index contributed by atoms with van der Waals surface area (Å²) in [6, 6.07) is 6.32. The van der Waals surface area contributed by atoms with E-state index in [-0.39, 0.29) is 0 Å². The molecule has 0 spiro atoms. The number of fused-ring (bicyclic) bond motifs is 1. The third kappa shape index (κ3) is 2.12. The highest BCUT2D eigenvalue weighted by Crippen LogP contribution is 2.42. The Kier molecular flexibility index (Phi) is 3.21. The Hall–Kier alpha value is -1.16. The topological polar surface area (TPSA) is 43.8 Å². The molecule has 3 rings (SSSR count). The number of aromatic nitrogens is 2. The van der Waals surface area contributed by atoms with Gasteiger partial charge in [-0.3, -0.25) is 0 Å². The predicted molar refractivity (Wildman–Crippen MR) is 83.6 cm³/mol. The fourth-order valence-electron chi connectivity index (χ4n) is 3.21. The van der Waals surface area contributed by atoms with Crippen molar-refractivity contribution in [2.24, 2.45) is 0 Å². The van der Waals surface area contributed by atoms with Gasteiger partial charge in [-0.05, 0) is 37.7 Å². The van der Waals surface area contributed by atoms with Gasteiger partial charge in [0.1, 0.15) is 0 Å². The summed E-state index contributed by atoms with van der Waals surface area (Å²) in [5.41, 5.74) is 9.59. The first-order valence-corrected chi connectivity index (χ1v) is 8.14. The van der Waals surface area contributed by atoms with Crippen LogP contribution in [-0.2, 0) is 6.54 Å². The van der Waals surface area contributed by atoms with E-state index in [2.05, 4.69) is 40.9 Å². The lowest BCUT2D eigenvalue weighted by molar-refractivity contribution is 0.518. The minimum Gasteiger partial charge on any atom is -0.369 e. The molecule has 0 aliphatic heterocycles. The Morgan fingerprint density at radius 3 is 2.79 bits per heavy atom. The van der Waals surface area contributed by atoms with E-state index in [0.29, 0.717) is 10.7 Å². The van der Waals surface area contributed by atoms with E-state index < -0.39 is 0 Å². The number of hydrogen-bond donors (Lipinski definition) is 1. The number of para-hydroxylation sites is 1. The van der Waals surface area contributed by atoms with Crippen molar-refractivity contribution < 1.29 is 0 Å². The lowest BCUT2D eigenvalue weighted by Crippen LogP contribution is -2.27. The molecule has 19 heavy (non-hydrogen) atoms. The molecule has 1 aliphatic rings.